The molecule has 0 unspecified atom stereocenters. The lowest BCUT2D eigenvalue weighted by molar-refractivity contribution is 1.62. The van der Waals surface area contributed by atoms with Crippen LogP contribution in [-0.4, -0.2) is 24.2 Å². The van der Waals surface area contributed by atoms with E-state index in [1.807, 2.05) is 0 Å². The summed E-state index contributed by atoms with van der Waals surface area (Å²) in [6, 6.07) is 67.5. The lowest BCUT2D eigenvalue weighted by atomic mass is 9.81. The van der Waals surface area contributed by atoms with Crippen molar-refractivity contribution in [1.29, 1.82) is 0 Å². The molecule has 0 saturated heterocycles. The third-order valence-corrected chi connectivity index (χ3v) is 19.4. The zero-order valence-electron chi connectivity index (χ0n) is 37.7. The van der Waals surface area contributed by atoms with Crippen LogP contribution in [0.2, 0.25) is 58.9 Å². The van der Waals surface area contributed by atoms with Crippen molar-refractivity contribution >= 4 is 82.9 Å². The van der Waals surface area contributed by atoms with Crippen LogP contribution < -0.4 is 15.6 Å². The van der Waals surface area contributed by atoms with Gasteiger partial charge >= 0.3 is 0 Å². The molecule has 0 amide bonds. The molecule has 10 rings (SSSR count). The van der Waals surface area contributed by atoms with E-state index in [0.29, 0.717) is 0 Å². The van der Waals surface area contributed by atoms with Crippen LogP contribution in [0.3, 0.4) is 0 Å². The number of fused-ring (bicyclic) bond motifs is 1. The fourth-order valence-corrected chi connectivity index (χ4v) is 15.3. The van der Waals surface area contributed by atoms with Gasteiger partial charge in [-0.2, -0.15) is 0 Å². The highest BCUT2D eigenvalue weighted by Gasteiger charge is 2.29. The summed E-state index contributed by atoms with van der Waals surface area (Å²) in [6.07, 6.45) is 0. The summed E-state index contributed by atoms with van der Waals surface area (Å²) in [6.45, 7) is 22.4. The second kappa shape index (κ2) is 14.9. The van der Waals surface area contributed by atoms with E-state index < -0.39 is 24.2 Å². The molecular weight excluding hydrogens is 793 g/mol. The molecule has 0 aromatic heterocycles. The summed E-state index contributed by atoms with van der Waals surface area (Å²) >= 11 is 0. The molecule has 0 radical (unpaired) electrons. The summed E-state index contributed by atoms with van der Waals surface area (Å²) in [5.41, 5.74) is 13.2. The smallest absolute Gasteiger partial charge is 0.0656 e. The van der Waals surface area contributed by atoms with Crippen LogP contribution in [0.4, 0.5) is 0 Å². The van der Waals surface area contributed by atoms with Crippen LogP contribution in [0.5, 0.6) is 0 Å². The van der Waals surface area contributed by atoms with Gasteiger partial charge in [-0.25, -0.2) is 0 Å². The van der Waals surface area contributed by atoms with Crippen molar-refractivity contribution in [3.8, 4) is 55.6 Å². The molecule has 0 saturated carbocycles. The van der Waals surface area contributed by atoms with Crippen molar-refractivity contribution in [2.75, 3.05) is 0 Å². The normalized spacial score (nSPS) is 12.6. The first-order valence-corrected chi connectivity index (χ1v) is 32.9. The van der Waals surface area contributed by atoms with Gasteiger partial charge in [0.25, 0.3) is 0 Å². The van der Waals surface area contributed by atoms with Gasteiger partial charge in [0.15, 0.2) is 0 Å². The molecule has 0 spiro atoms. The first-order valence-electron chi connectivity index (χ1n) is 22.4. The van der Waals surface area contributed by atoms with Gasteiger partial charge in [0.1, 0.15) is 0 Å². The Bertz CT molecular complexity index is 3260. The highest BCUT2D eigenvalue weighted by atomic mass is 28.3. The summed E-state index contributed by atoms with van der Waals surface area (Å²) in [4.78, 5) is 0. The van der Waals surface area contributed by atoms with Crippen molar-refractivity contribution < 1.29 is 0 Å². The summed E-state index contributed by atoms with van der Waals surface area (Å²) in [7, 11) is -5.24. The first kappa shape index (κ1) is 40.2. The second-order valence-electron chi connectivity index (χ2n) is 20.5. The van der Waals surface area contributed by atoms with Crippen molar-refractivity contribution in [2.24, 2.45) is 0 Å². The average Bonchev–Trinajstić information content (AvgIpc) is 3.27. The van der Waals surface area contributed by atoms with E-state index in [2.05, 4.69) is 235 Å². The average molecular weight is 849 g/mol. The zero-order chi connectivity index (χ0) is 43.1. The lowest BCUT2D eigenvalue weighted by Gasteiger charge is -2.27. The van der Waals surface area contributed by atoms with Crippen LogP contribution in [-0.2, 0) is 0 Å². The van der Waals surface area contributed by atoms with Gasteiger partial charge in [0.05, 0.1) is 24.2 Å². The monoisotopic (exact) mass is 848 g/mol. The minimum absolute atomic E-state index is 1.24. The third kappa shape index (κ3) is 6.70. The molecular formula is C59H56Si3. The topological polar surface area (TPSA) is 0 Å². The number of benzene rings is 10. The van der Waals surface area contributed by atoms with Crippen molar-refractivity contribution in [3.05, 3.63) is 176 Å². The SMILES string of the molecule is C[Si](C)(C)c1ccccc1-c1cc(-c2ccccc2[Si](C)(C)C)c2ccc3c(-c4ccc(-c5ccccc5)c5ccccc45)cc(-c4ccccc4[Si](C)(C)C)c4ccc1c2c43. The molecule has 10 aromatic rings. The minimum atomic E-state index is -1.76. The van der Waals surface area contributed by atoms with Gasteiger partial charge in [-0.15, -0.1) is 0 Å². The maximum atomic E-state index is 2.57. The van der Waals surface area contributed by atoms with E-state index in [1.54, 1.807) is 0 Å². The molecule has 0 atom stereocenters. The Morgan fingerprint density at radius 1 is 0.226 bits per heavy atom. The summed E-state index contributed by atoms with van der Waals surface area (Å²) < 4.78 is 0. The molecule has 0 bridgehead atoms. The number of hydrogen-bond acceptors (Lipinski definition) is 0. The van der Waals surface area contributed by atoms with E-state index >= 15 is 0 Å². The Labute approximate surface area is 371 Å². The highest BCUT2D eigenvalue weighted by Crippen LogP contribution is 2.49. The molecule has 0 nitrogen and oxygen atoms in total. The molecule has 0 aliphatic carbocycles. The van der Waals surface area contributed by atoms with Crippen LogP contribution in [0, 0.1) is 0 Å². The molecule has 0 N–H and O–H groups in total. The van der Waals surface area contributed by atoms with Gasteiger partial charge < -0.3 is 0 Å². The molecule has 10 aromatic carbocycles. The van der Waals surface area contributed by atoms with Gasteiger partial charge in [-0.05, 0) is 111 Å². The van der Waals surface area contributed by atoms with Crippen molar-refractivity contribution in [3.63, 3.8) is 0 Å². The zero-order valence-corrected chi connectivity index (χ0v) is 40.7. The maximum absolute atomic E-state index is 2.57. The Hall–Kier alpha value is -5.85. The van der Waals surface area contributed by atoms with Gasteiger partial charge in [0, 0.05) is 0 Å². The fraction of sp³-hybridized carbons (Fsp3) is 0.153. The molecule has 3 heteroatoms. The quantitative estimate of drug-likeness (QED) is 0.106. The maximum Gasteiger partial charge on any atom is 0.0784 e. The predicted octanol–water partition coefficient (Wildman–Crippen LogP) is 15.7. The standard InChI is InChI=1S/C59H56Si3/c1-60(2,3)55-28-18-15-25-44(55)52-37-51(43-32-31-40(39-21-11-10-12-22-39)41-23-13-14-24-42(41)43)47-33-34-49-53(45-26-16-19-29-56(45)61(4,5)6)38-54(50-36-35-48(52)58(47)59(49)50)46-27-17-20-30-57(46)62(7,8)9/h10-38H,1-9H3. The largest absolute Gasteiger partial charge is 0.0784 e. The molecule has 0 fully saturated rings. The highest BCUT2D eigenvalue weighted by molar-refractivity contribution is 6.90. The Morgan fingerprint density at radius 3 is 0.919 bits per heavy atom. The Kier molecular flexibility index (Phi) is 9.68. The second-order valence-corrected chi connectivity index (χ2v) is 35.6. The van der Waals surface area contributed by atoms with E-state index in [4.69, 9.17) is 0 Å². The van der Waals surface area contributed by atoms with Gasteiger partial charge in [-0.3, -0.25) is 0 Å². The first-order chi connectivity index (χ1) is 29.7. The summed E-state index contributed by atoms with van der Waals surface area (Å²) in [5.74, 6) is 0. The van der Waals surface area contributed by atoms with Gasteiger partial charge in [0.2, 0.25) is 0 Å². The van der Waals surface area contributed by atoms with Crippen LogP contribution in [0.15, 0.2) is 176 Å². The minimum Gasteiger partial charge on any atom is -0.0656 e. The Morgan fingerprint density at radius 2 is 0.532 bits per heavy atom. The van der Waals surface area contributed by atoms with Crippen molar-refractivity contribution in [2.45, 2.75) is 58.9 Å². The van der Waals surface area contributed by atoms with Crippen LogP contribution in [0.25, 0.3) is 98.7 Å². The van der Waals surface area contributed by atoms with E-state index in [0.717, 1.165) is 0 Å². The van der Waals surface area contributed by atoms with Crippen molar-refractivity contribution in [1.82, 2.24) is 0 Å². The molecule has 0 aliphatic rings. The predicted molar refractivity (Wildman–Crippen MR) is 284 cm³/mol. The van der Waals surface area contributed by atoms with E-state index in [-0.39, 0.29) is 0 Å². The number of rotatable bonds is 8. The molecule has 304 valence electrons. The van der Waals surface area contributed by atoms with Gasteiger partial charge in [-0.1, -0.05) is 238 Å². The lowest BCUT2D eigenvalue weighted by Crippen LogP contribution is -2.39. The summed E-state index contributed by atoms with van der Waals surface area (Å²) in [5, 5.41) is 15.1. The third-order valence-electron chi connectivity index (χ3n) is 13.3. The molecule has 0 heterocycles. The fourth-order valence-electron chi connectivity index (χ4n) is 10.4. The Balaban J connectivity index is 1.42. The van der Waals surface area contributed by atoms with E-state index in [9.17, 15) is 0 Å². The van der Waals surface area contributed by atoms with E-state index in [1.165, 1.54) is 114 Å². The van der Waals surface area contributed by atoms with Crippen LogP contribution in [0.1, 0.15) is 0 Å². The van der Waals surface area contributed by atoms with Crippen LogP contribution >= 0.6 is 0 Å². The number of hydrogen-bond donors (Lipinski definition) is 0. The molecule has 62 heavy (non-hydrogen) atoms. The molecule has 0 aliphatic heterocycles.